The zero-order valence-electron chi connectivity index (χ0n) is 8.62. The van der Waals surface area contributed by atoms with Crippen molar-refractivity contribution in [2.45, 2.75) is 19.4 Å². The molecule has 1 aromatic rings. The topological polar surface area (TPSA) is 64.3 Å². The second kappa shape index (κ2) is 3.81. The van der Waals surface area contributed by atoms with Crippen LogP contribution < -0.4 is 11.1 Å². The molecule has 0 radical (unpaired) electrons. The first-order valence-electron chi connectivity index (χ1n) is 5.02. The molecule has 1 atom stereocenters. The van der Waals surface area contributed by atoms with Crippen molar-refractivity contribution in [1.29, 1.82) is 0 Å². The number of hydrogen-bond acceptors (Lipinski definition) is 4. The molecule has 0 spiro atoms. The maximum absolute atomic E-state index is 11.5. The highest BCUT2D eigenvalue weighted by Crippen LogP contribution is 2.28. The molecule has 1 heterocycles. The first-order valence-corrected chi connectivity index (χ1v) is 5.02. The van der Waals surface area contributed by atoms with E-state index in [0.29, 0.717) is 18.7 Å². The molecule has 0 aliphatic carbocycles. The van der Waals surface area contributed by atoms with Crippen molar-refractivity contribution in [3.05, 3.63) is 23.8 Å². The molecule has 0 saturated heterocycles. The lowest BCUT2D eigenvalue weighted by atomic mass is 10.1. The summed E-state index contributed by atoms with van der Waals surface area (Å²) in [6, 6.07) is 5.36. The summed E-state index contributed by atoms with van der Waals surface area (Å²) in [5.41, 5.74) is 8.41. The van der Waals surface area contributed by atoms with Gasteiger partial charge >= 0.3 is 5.97 Å². The first-order chi connectivity index (χ1) is 7.20. The fourth-order valence-electron chi connectivity index (χ4n) is 1.75. The van der Waals surface area contributed by atoms with Gasteiger partial charge in [-0.15, -0.1) is 0 Å². The predicted molar refractivity (Wildman–Crippen MR) is 58.6 cm³/mol. The SMILES string of the molecule is CCOC(=O)C1Cc2ccc(N)cc2N1. The zero-order chi connectivity index (χ0) is 10.8. The molecule has 1 aromatic carbocycles. The molecule has 15 heavy (non-hydrogen) atoms. The van der Waals surface area contributed by atoms with Crippen molar-refractivity contribution < 1.29 is 9.53 Å². The maximum Gasteiger partial charge on any atom is 0.328 e. The van der Waals surface area contributed by atoms with Crippen molar-refractivity contribution in [2.75, 3.05) is 17.7 Å². The van der Waals surface area contributed by atoms with Crippen molar-refractivity contribution in [3.8, 4) is 0 Å². The minimum absolute atomic E-state index is 0.202. The summed E-state index contributed by atoms with van der Waals surface area (Å²) in [6.45, 7) is 2.22. The quantitative estimate of drug-likeness (QED) is 0.563. The molecule has 2 rings (SSSR count). The highest BCUT2D eigenvalue weighted by molar-refractivity contribution is 5.83. The zero-order valence-corrected chi connectivity index (χ0v) is 8.62. The third-order valence-electron chi connectivity index (χ3n) is 2.46. The molecule has 0 aromatic heterocycles. The van der Waals surface area contributed by atoms with Crippen LogP contribution in [0.1, 0.15) is 12.5 Å². The van der Waals surface area contributed by atoms with E-state index in [1.165, 1.54) is 0 Å². The number of nitrogens with one attached hydrogen (secondary N) is 1. The van der Waals surface area contributed by atoms with Crippen LogP contribution in [0, 0.1) is 0 Å². The van der Waals surface area contributed by atoms with Crippen molar-refractivity contribution >= 4 is 17.3 Å². The summed E-state index contributed by atoms with van der Waals surface area (Å²) in [4.78, 5) is 11.5. The molecule has 0 bridgehead atoms. The Bertz CT molecular complexity index is 390. The van der Waals surface area contributed by atoms with Gasteiger partial charge in [0.05, 0.1) is 6.61 Å². The van der Waals surface area contributed by atoms with E-state index < -0.39 is 0 Å². The number of anilines is 2. The number of benzene rings is 1. The number of nitrogens with two attached hydrogens (primary N) is 1. The third-order valence-corrected chi connectivity index (χ3v) is 2.46. The van der Waals surface area contributed by atoms with E-state index >= 15 is 0 Å². The standard InChI is InChI=1S/C11H14N2O2/c1-2-15-11(14)10-5-7-3-4-8(12)6-9(7)13-10/h3-4,6,10,13H,2,5,12H2,1H3. The van der Waals surface area contributed by atoms with Crippen LogP contribution >= 0.6 is 0 Å². The fraction of sp³-hybridized carbons (Fsp3) is 0.364. The van der Waals surface area contributed by atoms with Gasteiger partial charge in [-0.25, -0.2) is 4.79 Å². The third kappa shape index (κ3) is 1.88. The molecule has 1 aliphatic heterocycles. The average Bonchev–Trinajstić information content (AvgIpc) is 2.60. The van der Waals surface area contributed by atoms with E-state index in [4.69, 9.17) is 10.5 Å². The Kier molecular flexibility index (Phi) is 2.49. The van der Waals surface area contributed by atoms with Crippen LogP contribution in [0.15, 0.2) is 18.2 Å². The second-order valence-electron chi connectivity index (χ2n) is 3.57. The van der Waals surface area contributed by atoms with Gasteiger partial charge in [0.25, 0.3) is 0 Å². The van der Waals surface area contributed by atoms with E-state index in [2.05, 4.69) is 5.32 Å². The van der Waals surface area contributed by atoms with Crippen molar-refractivity contribution in [3.63, 3.8) is 0 Å². The Morgan fingerprint density at radius 1 is 1.67 bits per heavy atom. The number of rotatable bonds is 2. The molecule has 1 unspecified atom stereocenters. The molecule has 0 amide bonds. The number of esters is 1. The van der Waals surface area contributed by atoms with Crippen molar-refractivity contribution in [2.24, 2.45) is 0 Å². The van der Waals surface area contributed by atoms with E-state index in [1.807, 2.05) is 18.2 Å². The number of nitrogen functional groups attached to an aromatic ring is 1. The fourth-order valence-corrected chi connectivity index (χ4v) is 1.75. The molecule has 80 valence electrons. The van der Waals surface area contributed by atoms with Crippen LogP contribution in [0.2, 0.25) is 0 Å². The highest BCUT2D eigenvalue weighted by atomic mass is 16.5. The van der Waals surface area contributed by atoms with Gasteiger partial charge in [0, 0.05) is 17.8 Å². The monoisotopic (exact) mass is 206 g/mol. The number of fused-ring (bicyclic) bond motifs is 1. The highest BCUT2D eigenvalue weighted by Gasteiger charge is 2.27. The van der Waals surface area contributed by atoms with E-state index in [-0.39, 0.29) is 12.0 Å². The molecule has 1 aliphatic rings. The number of carbonyl (C=O) groups is 1. The molecule has 4 nitrogen and oxygen atoms in total. The minimum atomic E-state index is -0.262. The maximum atomic E-state index is 11.5. The normalized spacial score (nSPS) is 18.1. The lowest BCUT2D eigenvalue weighted by molar-refractivity contribution is -0.143. The van der Waals surface area contributed by atoms with E-state index in [0.717, 1.165) is 11.3 Å². The molecule has 3 N–H and O–H groups in total. The van der Waals surface area contributed by atoms with Crippen LogP contribution in [-0.2, 0) is 16.0 Å². The summed E-state index contributed by atoms with van der Waals surface area (Å²) in [7, 11) is 0. The molecule has 0 fully saturated rings. The summed E-state index contributed by atoms with van der Waals surface area (Å²) in [5, 5.41) is 3.11. The smallest absolute Gasteiger partial charge is 0.328 e. The molecule has 0 saturated carbocycles. The predicted octanol–water partition coefficient (Wildman–Crippen LogP) is 1.17. The van der Waals surface area contributed by atoms with Gasteiger partial charge in [-0.2, -0.15) is 0 Å². The van der Waals surface area contributed by atoms with E-state index in [9.17, 15) is 4.79 Å². The Morgan fingerprint density at radius 3 is 3.20 bits per heavy atom. The second-order valence-corrected chi connectivity index (χ2v) is 3.57. The minimum Gasteiger partial charge on any atom is -0.464 e. The Labute approximate surface area is 88.4 Å². The lowest BCUT2D eigenvalue weighted by Gasteiger charge is -2.09. The number of carbonyl (C=O) groups excluding carboxylic acids is 1. The van der Waals surface area contributed by atoms with Gasteiger partial charge in [-0.1, -0.05) is 6.07 Å². The van der Waals surface area contributed by atoms with Gasteiger partial charge in [0.15, 0.2) is 0 Å². The number of hydrogen-bond donors (Lipinski definition) is 2. The van der Waals surface area contributed by atoms with Gasteiger partial charge < -0.3 is 15.8 Å². The summed E-state index contributed by atoms with van der Waals surface area (Å²) < 4.78 is 4.95. The molecular formula is C11H14N2O2. The van der Waals surface area contributed by atoms with Crippen LogP contribution in [-0.4, -0.2) is 18.6 Å². The summed E-state index contributed by atoms with van der Waals surface area (Å²) in [6.07, 6.45) is 0.675. The van der Waals surface area contributed by atoms with Crippen molar-refractivity contribution in [1.82, 2.24) is 0 Å². The largest absolute Gasteiger partial charge is 0.464 e. The number of ether oxygens (including phenoxy) is 1. The Hall–Kier alpha value is -1.71. The Morgan fingerprint density at radius 2 is 2.47 bits per heavy atom. The van der Waals surface area contributed by atoms with Gasteiger partial charge in [-0.05, 0) is 24.6 Å². The van der Waals surface area contributed by atoms with E-state index in [1.54, 1.807) is 6.92 Å². The van der Waals surface area contributed by atoms with Crippen LogP contribution in [0.5, 0.6) is 0 Å². The first kappa shape index (κ1) is 9.83. The lowest BCUT2D eigenvalue weighted by Crippen LogP contribution is -2.28. The Balaban J connectivity index is 2.12. The van der Waals surface area contributed by atoms with Gasteiger partial charge in [-0.3, -0.25) is 0 Å². The summed E-state index contributed by atoms with van der Waals surface area (Å²) in [5.74, 6) is -0.202. The average molecular weight is 206 g/mol. The van der Waals surface area contributed by atoms with Gasteiger partial charge in [0.1, 0.15) is 6.04 Å². The summed E-state index contributed by atoms with van der Waals surface area (Å²) >= 11 is 0. The van der Waals surface area contributed by atoms with Crippen LogP contribution in [0.25, 0.3) is 0 Å². The van der Waals surface area contributed by atoms with Crippen LogP contribution in [0.3, 0.4) is 0 Å². The molecule has 4 heteroatoms. The van der Waals surface area contributed by atoms with Gasteiger partial charge in [0.2, 0.25) is 0 Å². The van der Waals surface area contributed by atoms with Crippen LogP contribution in [0.4, 0.5) is 11.4 Å². The molecular weight excluding hydrogens is 192 g/mol.